The fourth-order valence-electron chi connectivity index (χ4n) is 3.06. The Balaban J connectivity index is 1.52. The lowest BCUT2D eigenvalue weighted by molar-refractivity contribution is 0.0927. The summed E-state index contributed by atoms with van der Waals surface area (Å²) in [5.41, 5.74) is 1.88. The number of benzene rings is 2. The highest BCUT2D eigenvalue weighted by atomic mass is 16.5. The van der Waals surface area contributed by atoms with Crippen molar-refractivity contribution < 1.29 is 23.8 Å². The van der Waals surface area contributed by atoms with Crippen molar-refractivity contribution in [1.29, 1.82) is 0 Å². The van der Waals surface area contributed by atoms with E-state index in [-0.39, 0.29) is 24.9 Å². The third kappa shape index (κ3) is 5.16. The Hall–Kier alpha value is -3.94. The Bertz CT molecular complexity index is 1000. The molecule has 3 rings (SSSR count). The molecule has 0 atom stereocenters. The minimum atomic E-state index is -0.315. The van der Waals surface area contributed by atoms with Crippen molar-refractivity contribution in [2.45, 2.75) is 0 Å². The first-order valence-electron chi connectivity index (χ1n) is 9.67. The lowest BCUT2D eigenvalue weighted by Crippen LogP contribution is -2.34. The van der Waals surface area contributed by atoms with Crippen molar-refractivity contribution in [3.8, 4) is 22.9 Å². The van der Waals surface area contributed by atoms with Gasteiger partial charge in [0, 0.05) is 42.3 Å². The van der Waals surface area contributed by atoms with Crippen LogP contribution in [0.2, 0.25) is 0 Å². The molecule has 0 aliphatic rings. The second-order valence-corrected chi connectivity index (χ2v) is 6.56. The summed E-state index contributed by atoms with van der Waals surface area (Å²) >= 11 is 0. The van der Waals surface area contributed by atoms with Crippen LogP contribution in [0.3, 0.4) is 0 Å². The Kier molecular flexibility index (Phi) is 7.16. The number of rotatable bonds is 9. The summed E-state index contributed by atoms with van der Waals surface area (Å²) < 4.78 is 17.7. The van der Waals surface area contributed by atoms with Crippen molar-refractivity contribution in [1.82, 2.24) is 15.2 Å². The third-order valence-corrected chi connectivity index (χ3v) is 4.66. The number of carbonyl (C=O) groups is 2. The lowest BCUT2D eigenvalue weighted by atomic mass is 10.1. The van der Waals surface area contributed by atoms with Gasteiger partial charge in [0.05, 0.1) is 21.3 Å². The molecule has 1 aromatic heterocycles. The van der Waals surface area contributed by atoms with Crippen LogP contribution in [-0.2, 0) is 0 Å². The van der Waals surface area contributed by atoms with Crippen LogP contribution in [0.15, 0.2) is 60.9 Å². The summed E-state index contributed by atoms with van der Waals surface area (Å²) in [5.74, 6) is 0.676. The molecule has 2 aromatic carbocycles. The van der Waals surface area contributed by atoms with Crippen LogP contribution >= 0.6 is 0 Å². The molecule has 3 aromatic rings. The van der Waals surface area contributed by atoms with E-state index in [2.05, 4.69) is 10.6 Å². The summed E-state index contributed by atoms with van der Waals surface area (Å²) in [6, 6.07) is 14.3. The molecule has 8 nitrogen and oxygen atoms in total. The molecule has 31 heavy (non-hydrogen) atoms. The number of nitrogens with zero attached hydrogens (tertiary/aromatic N) is 1. The fourth-order valence-corrected chi connectivity index (χ4v) is 3.06. The van der Waals surface area contributed by atoms with Crippen LogP contribution < -0.4 is 24.8 Å². The molecule has 0 bridgehead atoms. The molecule has 0 aliphatic carbocycles. The van der Waals surface area contributed by atoms with Gasteiger partial charge in [0.25, 0.3) is 11.8 Å². The number of carbonyl (C=O) groups excluding carboxylic acids is 2. The van der Waals surface area contributed by atoms with Gasteiger partial charge in [0.1, 0.15) is 0 Å². The van der Waals surface area contributed by atoms with Gasteiger partial charge in [-0.05, 0) is 48.5 Å². The highest BCUT2D eigenvalue weighted by Crippen LogP contribution is 2.38. The summed E-state index contributed by atoms with van der Waals surface area (Å²) in [7, 11) is 4.47. The van der Waals surface area contributed by atoms with Crippen molar-refractivity contribution in [2.24, 2.45) is 0 Å². The molecule has 0 spiro atoms. The van der Waals surface area contributed by atoms with Crippen LogP contribution in [0.25, 0.3) is 5.69 Å². The van der Waals surface area contributed by atoms with Gasteiger partial charge in [0.15, 0.2) is 11.5 Å². The van der Waals surface area contributed by atoms with Crippen LogP contribution in [-0.4, -0.2) is 50.8 Å². The first kappa shape index (κ1) is 21.8. The molecule has 0 radical (unpaired) electrons. The van der Waals surface area contributed by atoms with Crippen molar-refractivity contribution in [3.05, 3.63) is 72.1 Å². The molecule has 162 valence electrons. The van der Waals surface area contributed by atoms with Crippen LogP contribution in [0.1, 0.15) is 20.7 Å². The average molecular weight is 423 g/mol. The summed E-state index contributed by atoms with van der Waals surface area (Å²) in [4.78, 5) is 24.8. The number of hydrogen-bond donors (Lipinski definition) is 2. The van der Waals surface area contributed by atoms with Crippen LogP contribution in [0.4, 0.5) is 0 Å². The van der Waals surface area contributed by atoms with Gasteiger partial charge in [-0.3, -0.25) is 9.59 Å². The predicted molar refractivity (Wildman–Crippen MR) is 117 cm³/mol. The molecule has 0 saturated heterocycles. The fraction of sp³-hybridized carbons (Fsp3) is 0.217. The molecular weight excluding hydrogens is 398 g/mol. The Labute approximate surface area is 180 Å². The SMILES string of the molecule is COc1cc(C(=O)NCCNC(=O)c2ccc(-n3cccc3)cc2)cc(OC)c1OC. The van der Waals surface area contributed by atoms with Gasteiger partial charge in [-0.2, -0.15) is 0 Å². The molecule has 1 heterocycles. The summed E-state index contributed by atoms with van der Waals surface area (Å²) in [6.07, 6.45) is 3.87. The van der Waals surface area contributed by atoms with E-state index in [1.807, 2.05) is 41.2 Å². The molecule has 0 unspecified atom stereocenters. The first-order chi connectivity index (χ1) is 15.1. The predicted octanol–water partition coefficient (Wildman–Crippen LogP) is 2.66. The molecule has 2 amide bonds. The minimum Gasteiger partial charge on any atom is -0.493 e. The van der Waals surface area contributed by atoms with E-state index in [0.29, 0.717) is 28.4 Å². The molecule has 2 N–H and O–H groups in total. The minimum absolute atomic E-state index is 0.207. The maximum absolute atomic E-state index is 12.5. The monoisotopic (exact) mass is 423 g/mol. The number of amides is 2. The van der Waals surface area contributed by atoms with E-state index in [1.165, 1.54) is 21.3 Å². The number of aromatic nitrogens is 1. The smallest absolute Gasteiger partial charge is 0.251 e. The van der Waals surface area contributed by atoms with Gasteiger partial charge >= 0.3 is 0 Å². The zero-order valence-corrected chi connectivity index (χ0v) is 17.7. The zero-order chi connectivity index (χ0) is 22.2. The lowest BCUT2D eigenvalue weighted by Gasteiger charge is -2.14. The van der Waals surface area contributed by atoms with Gasteiger partial charge in [-0.15, -0.1) is 0 Å². The summed E-state index contributed by atoms with van der Waals surface area (Å²) in [6.45, 7) is 0.553. The van der Waals surface area contributed by atoms with Crippen LogP contribution in [0, 0.1) is 0 Å². The van der Waals surface area contributed by atoms with Crippen molar-refractivity contribution in [2.75, 3.05) is 34.4 Å². The summed E-state index contributed by atoms with van der Waals surface area (Å²) in [5, 5.41) is 5.56. The molecule has 0 saturated carbocycles. The second kappa shape index (κ2) is 10.2. The quantitative estimate of drug-likeness (QED) is 0.517. The largest absolute Gasteiger partial charge is 0.493 e. The van der Waals surface area contributed by atoms with E-state index in [4.69, 9.17) is 14.2 Å². The Morgan fingerprint density at radius 2 is 1.29 bits per heavy atom. The van der Waals surface area contributed by atoms with E-state index in [0.717, 1.165) is 5.69 Å². The number of hydrogen-bond acceptors (Lipinski definition) is 5. The van der Waals surface area contributed by atoms with E-state index < -0.39 is 0 Å². The normalized spacial score (nSPS) is 10.3. The van der Waals surface area contributed by atoms with Gasteiger partial charge in [-0.1, -0.05) is 0 Å². The highest BCUT2D eigenvalue weighted by Gasteiger charge is 2.16. The highest BCUT2D eigenvalue weighted by molar-refractivity contribution is 5.96. The van der Waals surface area contributed by atoms with Crippen LogP contribution in [0.5, 0.6) is 17.2 Å². The Morgan fingerprint density at radius 1 is 0.774 bits per heavy atom. The Morgan fingerprint density at radius 3 is 1.77 bits per heavy atom. The first-order valence-corrected chi connectivity index (χ1v) is 9.67. The topological polar surface area (TPSA) is 90.8 Å². The number of methoxy groups -OCH3 is 3. The zero-order valence-electron chi connectivity index (χ0n) is 17.7. The van der Waals surface area contributed by atoms with E-state index in [9.17, 15) is 9.59 Å². The number of nitrogens with one attached hydrogen (secondary N) is 2. The standard InChI is InChI=1S/C23H25N3O5/c1-29-19-14-17(15-20(30-2)21(19)31-3)23(28)25-11-10-24-22(27)16-6-8-18(9-7-16)26-12-4-5-13-26/h4-9,12-15H,10-11H2,1-3H3,(H,24,27)(H,25,28). The second-order valence-electron chi connectivity index (χ2n) is 6.56. The van der Waals surface area contributed by atoms with Gasteiger partial charge < -0.3 is 29.4 Å². The van der Waals surface area contributed by atoms with Gasteiger partial charge in [0.2, 0.25) is 5.75 Å². The molecule has 0 fully saturated rings. The number of ether oxygens (including phenoxy) is 3. The molecule has 8 heteroatoms. The molecular formula is C23H25N3O5. The van der Waals surface area contributed by atoms with E-state index >= 15 is 0 Å². The van der Waals surface area contributed by atoms with E-state index in [1.54, 1.807) is 24.3 Å². The van der Waals surface area contributed by atoms with Crippen molar-refractivity contribution >= 4 is 11.8 Å². The average Bonchev–Trinajstić information content (AvgIpc) is 3.35. The maximum Gasteiger partial charge on any atom is 0.251 e. The van der Waals surface area contributed by atoms with Crippen molar-refractivity contribution in [3.63, 3.8) is 0 Å². The maximum atomic E-state index is 12.5. The van der Waals surface area contributed by atoms with Gasteiger partial charge in [-0.25, -0.2) is 0 Å². The third-order valence-electron chi connectivity index (χ3n) is 4.66. The molecule has 0 aliphatic heterocycles.